The monoisotopic (exact) mass is 544 g/mol. The van der Waals surface area contributed by atoms with Crippen LogP contribution in [-0.2, 0) is 28.5 Å². The van der Waals surface area contributed by atoms with Crippen LogP contribution in [0.15, 0.2) is 33.7 Å². The lowest BCUT2D eigenvalue weighted by molar-refractivity contribution is -0.241. The molecule has 0 aromatic carbocycles. The van der Waals surface area contributed by atoms with Crippen molar-refractivity contribution in [2.75, 3.05) is 20.3 Å². The van der Waals surface area contributed by atoms with E-state index in [0.717, 1.165) is 22.9 Å². The van der Waals surface area contributed by atoms with Crippen molar-refractivity contribution in [2.45, 2.75) is 68.4 Å². The largest absolute Gasteiger partial charge is 0.456 e. The van der Waals surface area contributed by atoms with Gasteiger partial charge in [-0.1, -0.05) is 0 Å². The van der Waals surface area contributed by atoms with Gasteiger partial charge in [-0.15, -0.1) is 0 Å². The molecule has 8 N–H and O–H groups in total. The normalized spacial score (nSPS) is 29.8. The number of aromatic amines is 1. The van der Waals surface area contributed by atoms with Gasteiger partial charge < -0.3 is 50.4 Å². The number of carbonyl (C=O) groups is 2. The van der Waals surface area contributed by atoms with Crippen LogP contribution in [0.5, 0.6) is 0 Å². The molecule has 1 aromatic heterocycles. The number of nitrogens with two attached hydrogens (primary N) is 1. The van der Waals surface area contributed by atoms with E-state index in [1.165, 1.54) is 7.11 Å². The fourth-order valence-corrected chi connectivity index (χ4v) is 4.09. The number of carbonyl (C=O) groups excluding carboxylic acids is 2. The number of amides is 2. The molecule has 1 saturated heterocycles. The van der Waals surface area contributed by atoms with E-state index in [1.54, 1.807) is 0 Å². The Kier molecular flexibility index (Phi) is 10.1. The predicted octanol–water partition coefficient (Wildman–Crippen LogP) is -4.08. The summed E-state index contributed by atoms with van der Waals surface area (Å²) in [6.07, 6.45) is -8.70. The first-order valence-corrected chi connectivity index (χ1v) is 11.8. The third kappa shape index (κ3) is 6.65. The zero-order chi connectivity index (χ0) is 28.0. The lowest BCUT2D eigenvalue weighted by Gasteiger charge is -2.35. The molecule has 0 aliphatic carbocycles. The molecule has 0 saturated carbocycles. The van der Waals surface area contributed by atoms with Gasteiger partial charge in [0.15, 0.2) is 18.1 Å². The number of hydrogen-bond donors (Lipinski definition) is 7. The zero-order valence-electron chi connectivity index (χ0n) is 20.5. The van der Waals surface area contributed by atoms with E-state index in [0.29, 0.717) is 19.3 Å². The SMILES string of the molecule is CO[C@H]1[C@@H](O)[C@H](n2ccc(=O)[nH]c2=O)O[C@@H]1[C@@H](O[C@H]1OC(C(=O)NCCCCCO)=C[C@H](O)[C@@H]1O)C(N)=O. The highest BCUT2D eigenvalue weighted by Crippen LogP contribution is 2.34. The van der Waals surface area contributed by atoms with Gasteiger partial charge >= 0.3 is 5.69 Å². The van der Waals surface area contributed by atoms with Crippen LogP contribution >= 0.6 is 0 Å². The number of aliphatic hydroxyl groups is 4. The van der Waals surface area contributed by atoms with Crippen LogP contribution in [0.2, 0.25) is 0 Å². The Morgan fingerprint density at radius 3 is 2.58 bits per heavy atom. The lowest BCUT2D eigenvalue weighted by atomic mass is 10.0. The van der Waals surface area contributed by atoms with E-state index in [-0.39, 0.29) is 18.9 Å². The average Bonchev–Trinajstić information content (AvgIpc) is 3.19. The highest BCUT2D eigenvalue weighted by Gasteiger charge is 2.52. The third-order valence-corrected chi connectivity index (χ3v) is 6.04. The second kappa shape index (κ2) is 13.1. The number of H-pyrrole nitrogens is 1. The number of rotatable bonds is 12. The van der Waals surface area contributed by atoms with Crippen molar-refractivity contribution in [2.24, 2.45) is 5.73 Å². The quantitative estimate of drug-likeness (QED) is 0.124. The van der Waals surface area contributed by atoms with Crippen LogP contribution in [0.1, 0.15) is 25.5 Å². The Hall–Kier alpha value is -3.12. The number of nitrogens with one attached hydrogen (secondary N) is 2. The summed E-state index contributed by atoms with van der Waals surface area (Å²) in [5.41, 5.74) is 3.92. The van der Waals surface area contributed by atoms with E-state index in [2.05, 4.69) is 5.32 Å². The highest BCUT2D eigenvalue weighted by molar-refractivity contribution is 5.91. The van der Waals surface area contributed by atoms with Crippen LogP contribution in [0, 0.1) is 0 Å². The zero-order valence-corrected chi connectivity index (χ0v) is 20.5. The minimum Gasteiger partial charge on any atom is -0.456 e. The van der Waals surface area contributed by atoms with Crippen molar-refractivity contribution < 1.29 is 49.0 Å². The average molecular weight is 545 g/mol. The van der Waals surface area contributed by atoms with Crippen molar-refractivity contribution in [3.05, 3.63) is 44.9 Å². The molecule has 0 unspecified atom stereocenters. The van der Waals surface area contributed by atoms with Crippen LogP contribution in [0.3, 0.4) is 0 Å². The van der Waals surface area contributed by atoms with Gasteiger partial charge in [-0.25, -0.2) is 4.79 Å². The topological polar surface area (TPSA) is 245 Å². The number of methoxy groups -OCH3 is 1. The molecule has 3 rings (SSSR count). The van der Waals surface area contributed by atoms with Gasteiger partial charge in [0.05, 0.1) is 0 Å². The summed E-state index contributed by atoms with van der Waals surface area (Å²) in [5.74, 6) is -2.23. The van der Waals surface area contributed by atoms with Crippen LogP contribution in [0.25, 0.3) is 0 Å². The molecule has 2 aliphatic rings. The fraction of sp³-hybridized carbons (Fsp3) is 0.636. The number of primary amides is 1. The van der Waals surface area contributed by atoms with Gasteiger partial charge in [-0.05, 0) is 25.3 Å². The molecule has 16 nitrogen and oxygen atoms in total. The van der Waals surface area contributed by atoms with E-state index >= 15 is 0 Å². The molecule has 0 radical (unpaired) electrons. The molecule has 1 aromatic rings. The molecule has 2 aliphatic heterocycles. The number of hydrogen-bond acceptors (Lipinski definition) is 12. The van der Waals surface area contributed by atoms with E-state index in [4.69, 9.17) is 29.8 Å². The summed E-state index contributed by atoms with van der Waals surface area (Å²) >= 11 is 0. The predicted molar refractivity (Wildman–Crippen MR) is 125 cm³/mol. The maximum atomic E-state index is 12.5. The smallest absolute Gasteiger partial charge is 0.330 e. The van der Waals surface area contributed by atoms with Gasteiger partial charge in [0.25, 0.3) is 11.5 Å². The first-order valence-electron chi connectivity index (χ1n) is 11.8. The summed E-state index contributed by atoms with van der Waals surface area (Å²) < 4.78 is 22.8. The Morgan fingerprint density at radius 1 is 1.21 bits per heavy atom. The Labute approximate surface area is 215 Å². The number of ether oxygens (including phenoxy) is 4. The molecule has 0 bridgehead atoms. The van der Waals surface area contributed by atoms with Crippen molar-refractivity contribution >= 4 is 11.8 Å². The van der Waals surface area contributed by atoms with Crippen LogP contribution in [-0.4, -0.2) is 105 Å². The molecule has 2 amide bonds. The van der Waals surface area contributed by atoms with Crippen molar-refractivity contribution in [3.8, 4) is 0 Å². The maximum Gasteiger partial charge on any atom is 0.330 e. The molecular formula is C22H32N4O12. The van der Waals surface area contributed by atoms with Gasteiger partial charge in [0, 0.05) is 32.5 Å². The fourth-order valence-electron chi connectivity index (χ4n) is 4.09. The number of nitrogens with zero attached hydrogens (tertiary/aromatic N) is 1. The minimum absolute atomic E-state index is 0.0281. The molecular weight excluding hydrogens is 512 g/mol. The summed E-state index contributed by atoms with van der Waals surface area (Å²) in [6, 6.07) is 1.02. The summed E-state index contributed by atoms with van der Waals surface area (Å²) in [6.45, 7) is 0.281. The van der Waals surface area contributed by atoms with Gasteiger partial charge in [0.1, 0.15) is 30.5 Å². The van der Waals surface area contributed by atoms with Crippen molar-refractivity contribution in [1.82, 2.24) is 14.9 Å². The highest BCUT2D eigenvalue weighted by atomic mass is 16.7. The van der Waals surface area contributed by atoms with Crippen LogP contribution < -0.4 is 22.3 Å². The second-order valence-electron chi connectivity index (χ2n) is 8.70. The first kappa shape index (κ1) is 29.4. The number of unbranched alkanes of at least 4 members (excludes halogenated alkanes) is 2. The maximum absolute atomic E-state index is 12.5. The van der Waals surface area contributed by atoms with E-state index < -0.39 is 72.2 Å². The number of aromatic nitrogens is 2. The summed E-state index contributed by atoms with van der Waals surface area (Å²) in [5, 5.41) is 42.8. The Balaban J connectivity index is 1.76. The van der Waals surface area contributed by atoms with Crippen LogP contribution in [0.4, 0.5) is 0 Å². The standard InChI is InChI=1S/C22H32N4O12/c1-35-15-14(31)20(26-7-5-12(29)25-22(26)34)37-16(15)17(18(23)32)38-21-13(30)10(28)9-11(36-21)19(33)24-6-3-2-4-8-27/h5,7,9-10,13-17,20-21,27-28,30-31H,2-4,6,8H2,1H3,(H2,23,32)(H,24,33)(H,25,29,34)/t10-,13-,14+,15-,16-,17+,20+,21+/m0/s1. The van der Waals surface area contributed by atoms with E-state index in [9.17, 15) is 34.5 Å². The lowest BCUT2D eigenvalue weighted by Crippen LogP contribution is -2.54. The molecule has 212 valence electrons. The van der Waals surface area contributed by atoms with E-state index in [1.807, 2.05) is 4.98 Å². The molecule has 0 spiro atoms. The van der Waals surface area contributed by atoms with Gasteiger partial charge in [-0.3, -0.25) is 23.9 Å². The Bertz CT molecular complexity index is 1120. The summed E-state index contributed by atoms with van der Waals surface area (Å²) in [7, 11) is 1.20. The molecule has 8 atom stereocenters. The minimum atomic E-state index is -1.77. The van der Waals surface area contributed by atoms with Crippen molar-refractivity contribution in [1.29, 1.82) is 0 Å². The number of aliphatic hydroxyl groups excluding tert-OH is 4. The summed E-state index contributed by atoms with van der Waals surface area (Å²) in [4.78, 5) is 50.5. The Morgan fingerprint density at radius 2 is 1.95 bits per heavy atom. The molecule has 1 fully saturated rings. The molecule has 16 heteroatoms. The molecule has 3 heterocycles. The van der Waals surface area contributed by atoms with Crippen molar-refractivity contribution in [3.63, 3.8) is 0 Å². The first-order chi connectivity index (χ1) is 18.1. The van der Waals surface area contributed by atoms with Gasteiger partial charge in [0.2, 0.25) is 12.2 Å². The third-order valence-electron chi connectivity index (χ3n) is 6.04. The van der Waals surface area contributed by atoms with Gasteiger partial charge in [-0.2, -0.15) is 0 Å². The molecule has 38 heavy (non-hydrogen) atoms. The second-order valence-corrected chi connectivity index (χ2v) is 8.70.